The summed E-state index contributed by atoms with van der Waals surface area (Å²) in [5, 5.41) is 0. The maximum Gasteiger partial charge on any atom is 0.254 e. The molecule has 16 heavy (non-hydrogen) atoms. The van der Waals surface area contributed by atoms with Crippen LogP contribution in [0.3, 0.4) is 0 Å². The maximum absolute atomic E-state index is 12.0. The van der Waals surface area contributed by atoms with Crippen molar-refractivity contribution in [2.75, 3.05) is 39.5 Å². The van der Waals surface area contributed by atoms with Gasteiger partial charge in [-0.2, -0.15) is 0 Å². The van der Waals surface area contributed by atoms with Gasteiger partial charge in [-0.15, -0.1) is 0 Å². The van der Waals surface area contributed by atoms with E-state index in [1.54, 1.807) is 0 Å². The molecule has 2 unspecified atom stereocenters. The van der Waals surface area contributed by atoms with Crippen LogP contribution >= 0.6 is 0 Å². The molecule has 0 aromatic rings. The summed E-state index contributed by atoms with van der Waals surface area (Å²) in [6, 6.07) is 0. The Kier molecular flexibility index (Phi) is 4.15. The summed E-state index contributed by atoms with van der Waals surface area (Å²) in [5.41, 5.74) is 5.52. The third-order valence-corrected chi connectivity index (χ3v) is 3.26. The normalized spacial score (nSPS) is 30.7. The number of carbonyl (C=O) groups is 1. The Morgan fingerprint density at radius 2 is 2.31 bits per heavy atom. The lowest BCUT2D eigenvalue weighted by Crippen LogP contribution is -2.44. The summed E-state index contributed by atoms with van der Waals surface area (Å²) < 4.78 is 10.7. The van der Waals surface area contributed by atoms with Crippen LogP contribution in [0, 0.1) is 5.92 Å². The molecule has 2 fully saturated rings. The molecule has 2 rings (SSSR count). The smallest absolute Gasteiger partial charge is 0.254 e. The van der Waals surface area contributed by atoms with Gasteiger partial charge in [0.05, 0.1) is 19.8 Å². The number of carbonyl (C=O) groups excluding carboxylic acids is 1. The van der Waals surface area contributed by atoms with E-state index in [1.807, 2.05) is 4.90 Å². The van der Waals surface area contributed by atoms with Crippen molar-refractivity contribution in [1.82, 2.24) is 4.90 Å². The summed E-state index contributed by atoms with van der Waals surface area (Å²) >= 11 is 0. The van der Waals surface area contributed by atoms with Crippen molar-refractivity contribution in [2.45, 2.75) is 18.9 Å². The first kappa shape index (κ1) is 11.8. The van der Waals surface area contributed by atoms with Crippen molar-refractivity contribution in [2.24, 2.45) is 11.7 Å². The largest absolute Gasteiger partial charge is 0.376 e. The molecule has 92 valence electrons. The Bertz CT molecular complexity index is 241. The van der Waals surface area contributed by atoms with E-state index in [1.165, 1.54) is 0 Å². The van der Waals surface area contributed by atoms with E-state index in [4.69, 9.17) is 15.2 Å². The first-order valence-corrected chi connectivity index (χ1v) is 5.99. The molecular weight excluding hydrogens is 208 g/mol. The van der Waals surface area contributed by atoms with Crippen LogP contribution in [0.15, 0.2) is 0 Å². The van der Waals surface area contributed by atoms with E-state index >= 15 is 0 Å². The van der Waals surface area contributed by atoms with E-state index in [0.717, 1.165) is 25.9 Å². The van der Waals surface area contributed by atoms with E-state index in [0.29, 0.717) is 32.3 Å². The number of ether oxygens (including phenoxy) is 2. The summed E-state index contributed by atoms with van der Waals surface area (Å²) in [5.74, 6) is 0.651. The van der Waals surface area contributed by atoms with Crippen molar-refractivity contribution in [1.29, 1.82) is 0 Å². The SMILES string of the molecule is NCCC1CCN(C(=O)C2COCCO2)C1. The average molecular weight is 228 g/mol. The van der Waals surface area contributed by atoms with Crippen molar-refractivity contribution in [3.63, 3.8) is 0 Å². The van der Waals surface area contributed by atoms with Gasteiger partial charge in [-0.25, -0.2) is 0 Å². The topological polar surface area (TPSA) is 64.8 Å². The number of nitrogens with two attached hydrogens (primary N) is 1. The number of likely N-dealkylation sites (tertiary alicyclic amines) is 1. The molecule has 5 heteroatoms. The van der Waals surface area contributed by atoms with Crippen LogP contribution in [0.2, 0.25) is 0 Å². The molecule has 0 radical (unpaired) electrons. The van der Waals surface area contributed by atoms with Crippen LogP contribution in [-0.2, 0) is 14.3 Å². The molecule has 2 N–H and O–H groups in total. The van der Waals surface area contributed by atoms with Gasteiger partial charge in [-0.05, 0) is 25.3 Å². The van der Waals surface area contributed by atoms with Crippen LogP contribution < -0.4 is 5.73 Å². The summed E-state index contributed by atoms with van der Waals surface area (Å²) in [6.45, 7) is 3.89. The van der Waals surface area contributed by atoms with Gasteiger partial charge in [0.2, 0.25) is 0 Å². The summed E-state index contributed by atoms with van der Waals surface area (Å²) in [7, 11) is 0. The van der Waals surface area contributed by atoms with Crippen molar-refractivity contribution in [3.05, 3.63) is 0 Å². The zero-order chi connectivity index (χ0) is 11.4. The second-order valence-corrected chi connectivity index (χ2v) is 4.45. The number of rotatable bonds is 3. The fourth-order valence-corrected chi connectivity index (χ4v) is 2.34. The second-order valence-electron chi connectivity index (χ2n) is 4.45. The zero-order valence-corrected chi connectivity index (χ0v) is 9.56. The van der Waals surface area contributed by atoms with Crippen LogP contribution in [0.5, 0.6) is 0 Å². The first-order chi connectivity index (χ1) is 7.81. The van der Waals surface area contributed by atoms with Crippen molar-refractivity contribution >= 4 is 5.91 Å². The molecule has 5 nitrogen and oxygen atoms in total. The average Bonchev–Trinajstić information content (AvgIpc) is 2.78. The van der Waals surface area contributed by atoms with Gasteiger partial charge >= 0.3 is 0 Å². The number of hydrogen-bond acceptors (Lipinski definition) is 4. The summed E-state index contributed by atoms with van der Waals surface area (Å²) in [4.78, 5) is 13.9. The van der Waals surface area contributed by atoms with E-state index in [9.17, 15) is 4.79 Å². The van der Waals surface area contributed by atoms with E-state index in [2.05, 4.69) is 0 Å². The van der Waals surface area contributed by atoms with Crippen LogP contribution in [0.25, 0.3) is 0 Å². The highest BCUT2D eigenvalue weighted by Gasteiger charge is 2.32. The fourth-order valence-electron chi connectivity index (χ4n) is 2.34. The second kappa shape index (κ2) is 5.61. The van der Waals surface area contributed by atoms with Crippen LogP contribution in [0.4, 0.5) is 0 Å². The van der Waals surface area contributed by atoms with Gasteiger partial charge < -0.3 is 20.1 Å². The molecule has 1 amide bonds. The predicted molar refractivity (Wildman–Crippen MR) is 58.9 cm³/mol. The minimum Gasteiger partial charge on any atom is -0.376 e. The molecule has 0 aromatic heterocycles. The van der Waals surface area contributed by atoms with Crippen LogP contribution in [-0.4, -0.2) is 56.4 Å². The molecule has 0 bridgehead atoms. The molecule has 0 saturated carbocycles. The lowest BCUT2D eigenvalue weighted by Gasteiger charge is -2.26. The highest BCUT2D eigenvalue weighted by molar-refractivity contribution is 5.81. The van der Waals surface area contributed by atoms with E-state index < -0.39 is 0 Å². The molecule has 2 saturated heterocycles. The molecule has 0 aliphatic carbocycles. The van der Waals surface area contributed by atoms with Gasteiger partial charge in [0, 0.05) is 13.1 Å². The molecular formula is C11H20N2O3. The quantitative estimate of drug-likeness (QED) is 0.714. The minimum absolute atomic E-state index is 0.0826. The summed E-state index contributed by atoms with van der Waals surface area (Å²) in [6.07, 6.45) is 1.69. The first-order valence-electron chi connectivity index (χ1n) is 5.99. The third kappa shape index (κ3) is 2.72. The Morgan fingerprint density at radius 3 is 3.00 bits per heavy atom. The highest BCUT2D eigenvalue weighted by Crippen LogP contribution is 2.20. The fraction of sp³-hybridized carbons (Fsp3) is 0.909. The molecule has 2 atom stereocenters. The lowest BCUT2D eigenvalue weighted by molar-refractivity contribution is -0.157. The van der Waals surface area contributed by atoms with Gasteiger partial charge in [0.15, 0.2) is 6.10 Å². The Balaban J connectivity index is 1.81. The van der Waals surface area contributed by atoms with Gasteiger partial charge in [0.25, 0.3) is 5.91 Å². The standard InChI is InChI=1S/C11H20N2O3/c12-3-1-9-2-4-13(7-9)11(14)10-8-15-5-6-16-10/h9-10H,1-8,12H2. The zero-order valence-electron chi connectivity index (χ0n) is 9.56. The number of nitrogens with zero attached hydrogens (tertiary/aromatic N) is 1. The molecule has 2 aliphatic rings. The van der Waals surface area contributed by atoms with Crippen LogP contribution in [0.1, 0.15) is 12.8 Å². The monoisotopic (exact) mass is 228 g/mol. The molecule has 2 heterocycles. The molecule has 0 aromatic carbocycles. The number of amides is 1. The Hall–Kier alpha value is -0.650. The Morgan fingerprint density at radius 1 is 1.44 bits per heavy atom. The van der Waals surface area contributed by atoms with E-state index in [-0.39, 0.29) is 12.0 Å². The Labute approximate surface area is 95.9 Å². The predicted octanol–water partition coefficient (Wildman–Crippen LogP) is -0.401. The van der Waals surface area contributed by atoms with Crippen molar-refractivity contribution in [3.8, 4) is 0 Å². The maximum atomic E-state index is 12.0. The van der Waals surface area contributed by atoms with Crippen molar-refractivity contribution < 1.29 is 14.3 Å². The molecule has 0 spiro atoms. The minimum atomic E-state index is -0.384. The third-order valence-electron chi connectivity index (χ3n) is 3.26. The van der Waals surface area contributed by atoms with Gasteiger partial charge in [-0.3, -0.25) is 4.79 Å². The van der Waals surface area contributed by atoms with Gasteiger partial charge in [-0.1, -0.05) is 0 Å². The molecule has 2 aliphatic heterocycles. The van der Waals surface area contributed by atoms with Gasteiger partial charge in [0.1, 0.15) is 0 Å². The highest BCUT2D eigenvalue weighted by atomic mass is 16.6. The lowest BCUT2D eigenvalue weighted by atomic mass is 10.1. The number of hydrogen-bond donors (Lipinski definition) is 1.